The largest absolute Gasteiger partial charge is 0.756 e. The number of nitrogens with zero attached hydrogens (tertiary/aromatic N) is 1. The van der Waals surface area contributed by atoms with Crippen LogP contribution in [0.4, 0.5) is 0 Å². The zero-order valence-corrected chi connectivity index (χ0v) is 36.8. The summed E-state index contributed by atoms with van der Waals surface area (Å²) >= 11 is 0. The number of hydrogen-bond donors (Lipinski definition) is 0. The lowest BCUT2D eigenvalue weighted by Crippen LogP contribution is -2.37. The van der Waals surface area contributed by atoms with Gasteiger partial charge in [-0.25, -0.2) is 0 Å². The first-order chi connectivity index (χ1) is 26.5. The minimum absolute atomic E-state index is 0.0424. The summed E-state index contributed by atoms with van der Waals surface area (Å²) in [5, 5.41) is 0. The van der Waals surface area contributed by atoms with Crippen LogP contribution in [0.5, 0.6) is 0 Å². The molecule has 0 radical (unpaired) electrons. The number of carbonyl (C=O) groups excluding carboxylic acids is 2. The predicted octanol–water partition coefficient (Wildman–Crippen LogP) is 11.7. The Balaban J connectivity index is 4.48. The van der Waals surface area contributed by atoms with Crippen molar-refractivity contribution in [2.24, 2.45) is 0 Å². The number of hydrogen-bond acceptors (Lipinski definition) is 8. The Labute approximate surface area is 337 Å². The third-order valence-electron chi connectivity index (χ3n) is 9.07. The molecular formula is C45H82NO8P. The lowest BCUT2D eigenvalue weighted by atomic mass is 10.1. The molecule has 0 saturated carbocycles. The van der Waals surface area contributed by atoms with E-state index in [-0.39, 0.29) is 26.1 Å². The minimum atomic E-state index is -4.64. The molecule has 1 unspecified atom stereocenters. The van der Waals surface area contributed by atoms with Crippen molar-refractivity contribution in [1.29, 1.82) is 0 Å². The molecule has 9 nitrogen and oxygen atoms in total. The summed E-state index contributed by atoms with van der Waals surface area (Å²) in [6, 6.07) is 0. The molecule has 0 spiro atoms. The molecule has 0 aromatic heterocycles. The number of quaternary nitrogens is 1. The molecule has 0 saturated heterocycles. The molecule has 0 rings (SSSR count). The molecule has 0 N–H and O–H groups in total. The van der Waals surface area contributed by atoms with Gasteiger partial charge in [0, 0.05) is 12.8 Å². The molecule has 0 heterocycles. The number of allylic oxidation sites excluding steroid dienone is 8. The SMILES string of the molecule is CCCCCCC/C=C/CCCCCCCC(=O)OC[C@H](COP(=O)([O-])OCC[N+](C)(C)C)OC(=O)CCC/C=C/C/C=C/C/C=C/CCCCCCCC. The fourth-order valence-electron chi connectivity index (χ4n) is 5.61. The van der Waals surface area contributed by atoms with Crippen LogP contribution < -0.4 is 4.89 Å². The normalized spacial score (nSPS) is 14.1. The Morgan fingerprint density at radius 1 is 0.564 bits per heavy atom. The maximum absolute atomic E-state index is 12.6. The van der Waals surface area contributed by atoms with Gasteiger partial charge in [0.25, 0.3) is 7.82 Å². The van der Waals surface area contributed by atoms with E-state index < -0.39 is 32.5 Å². The molecule has 2 atom stereocenters. The number of unbranched alkanes of at least 4 members (excludes halogenated alkanes) is 17. The molecule has 0 aromatic carbocycles. The van der Waals surface area contributed by atoms with Gasteiger partial charge in [0.1, 0.15) is 19.8 Å². The third kappa shape index (κ3) is 41.4. The average Bonchev–Trinajstić information content (AvgIpc) is 3.13. The molecule has 0 amide bonds. The average molecular weight is 796 g/mol. The number of likely N-dealkylation sites (N-methyl/N-ethyl adjacent to an activating group) is 1. The first kappa shape index (κ1) is 53.0. The fraction of sp³-hybridized carbons (Fsp3) is 0.778. The summed E-state index contributed by atoms with van der Waals surface area (Å²) in [4.78, 5) is 37.5. The highest BCUT2D eigenvalue weighted by Crippen LogP contribution is 2.38. The van der Waals surface area contributed by atoms with Crippen LogP contribution in [0.25, 0.3) is 0 Å². The first-order valence-electron chi connectivity index (χ1n) is 21.8. The van der Waals surface area contributed by atoms with Crippen LogP contribution in [0.1, 0.15) is 174 Å². The van der Waals surface area contributed by atoms with E-state index in [9.17, 15) is 19.0 Å². The van der Waals surface area contributed by atoms with Crippen molar-refractivity contribution < 1.29 is 42.1 Å². The Morgan fingerprint density at radius 3 is 1.53 bits per heavy atom. The number of phosphoric acid groups is 1. The smallest absolute Gasteiger partial charge is 0.306 e. The van der Waals surface area contributed by atoms with E-state index in [1.165, 1.54) is 77.0 Å². The van der Waals surface area contributed by atoms with Gasteiger partial charge in [0.2, 0.25) is 0 Å². The molecule has 0 aromatic rings. The highest BCUT2D eigenvalue weighted by Gasteiger charge is 2.21. The molecule has 0 bridgehead atoms. The monoisotopic (exact) mass is 796 g/mol. The van der Waals surface area contributed by atoms with E-state index in [0.29, 0.717) is 30.3 Å². The van der Waals surface area contributed by atoms with E-state index in [2.05, 4.69) is 56.4 Å². The highest BCUT2D eigenvalue weighted by molar-refractivity contribution is 7.45. The van der Waals surface area contributed by atoms with Gasteiger partial charge in [-0.15, -0.1) is 0 Å². The summed E-state index contributed by atoms with van der Waals surface area (Å²) in [5.74, 6) is -0.907. The van der Waals surface area contributed by atoms with Gasteiger partial charge in [0.15, 0.2) is 6.10 Å². The molecule has 320 valence electrons. The molecule has 0 aliphatic carbocycles. The van der Waals surface area contributed by atoms with Gasteiger partial charge in [-0.3, -0.25) is 14.2 Å². The number of rotatable bonds is 39. The van der Waals surface area contributed by atoms with Crippen molar-refractivity contribution in [3.05, 3.63) is 48.6 Å². The third-order valence-corrected chi connectivity index (χ3v) is 10.0. The Morgan fingerprint density at radius 2 is 1.00 bits per heavy atom. The second-order valence-electron chi connectivity index (χ2n) is 15.7. The molecule has 55 heavy (non-hydrogen) atoms. The molecule has 0 aliphatic heterocycles. The molecule has 0 aliphatic rings. The summed E-state index contributed by atoms with van der Waals surface area (Å²) < 4.78 is 33.8. The van der Waals surface area contributed by atoms with Crippen LogP contribution in [0.15, 0.2) is 48.6 Å². The second kappa shape index (κ2) is 37.5. The van der Waals surface area contributed by atoms with Crippen molar-refractivity contribution >= 4 is 19.8 Å². The van der Waals surface area contributed by atoms with E-state index in [0.717, 1.165) is 51.4 Å². The van der Waals surface area contributed by atoms with Gasteiger partial charge < -0.3 is 27.9 Å². The molecule has 10 heteroatoms. The van der Waals surface area contributed by atoms with E-state index >= 15 is 0 Å². The number of phosphoric ester groups is 1. The Bertz CT molecular complexity index is 1080. The maximum atomic E-state index is 12.6. The first-order valence-corrected chi connectivity index (χ1v) is 23.3. The molecular weight excluding hydrogens is 713 g/mol. The van der Waals surface area contributed by atoms with E-state index in [1.807, 2.05) is 27.2 Å². The van der Waals surface area contributed by atoms with E-state index in [1.54, 1.807) is 0 Å². The highest BCUT2D eigenvalue weighted by atomic mass is 31.2. The Kier molecular flexibility index (Phi) is 36.2. The van der Waals surface area contributed by atoms with Crippen LogP contribution in [0.3, 0.4) is 0 Å². The maximum Gasteiger partial charge on any atom is 0.306 e. The summed E-state index contributed by atoms with van der Waals surface area (Å²) in [6.45, 7) is 4.13. The van der Waals surface area contributed by atoms with Gasteiger partial charge in [-0.05, 0) is 70.6 Å². The van der Waals surface area contributed by atoms with Gasteiger partial charge in [-0.1, -0.05) is 140 Å². The minimum Gasteiger partial charge on any atom is -0.756 e. The van der Waals surface area contributed by atoms with Crippen molar-refractivity contribution in [3.63, 3.8) is 0 Å². The summed E-state index contributed by atoms with van der Waals surface area (Å²) in [6.07, 6.45) is 42.9. The van der Waals surface area contributed by atoms with Crippen molar-refractivity contribution in [2.75, 3.05) is 47.5 Å². The zero-order chi connectivity index (χ0) is 40.7. The van der Waals surface area contributed by atoms with Crippen LogP contribution in [0.2, 0.25) is 0 Å². The standard InChI is InChI=1S/C45H82NO8P/c1-6-8-10-12-14-16-18-20-22-23-24-26-28-30-32-34-36-38-45(48)54-43(42-53-55(49,50)52-40-39-46(3,4)5)41-51-44(47)37-35-33-31-29-27-25-21-19-17-15-13-11-9-7-2/h19-22,24,26,30,32,43H,6-18,23,25,27-29,31,33-42H2,1-5H3/b21-19+,22-20+,26-24+,32-30+/t43-/m1/s1. The number of ether oxygens (including phenoxy) is 2. The van der Waals surface area contributed by atoms with E-state index in [4.69, 9.17) is 18.5 Å². The van der Waals surface area contributed by atoms with Gasteiger partial charge >= 0.3 is 11.9 Å². The lowest BCUT2D eigenvalue weighted by molar-refractivity contribution is -0.870. The quantitative estimate of drug-likeness (QED) is 0.0199. The van der Waals surface area contributed by atoms with Gasteiger partial charge in [0.05, 0.1) is 27.7 Å². The molecule has 0 fully saturated rings. The van der Waals surface area contributed by atoms with Crippen LogP contribution in [-0.2, 0) is 32.7 Å². The predicted molar refractivity (Wildman–Crippen MR) is 227 cm³/mol. The summed E-state index contributed by atoms with van der Waals surface area (Å²) in [7, 11) is 1.13. The second-order valence-corrected chi connectivity index (χ2v) is 17.1. The van der Waals surface area contributed by atoms with Crippen LogP contribution >= 0.6 is 7.82 Å². The van der Waals surface area contributed by atoms with Crippen molar-refractivity contribution in [1.82, 2.24) is 0 Å². The van der Waals surface area contributed by atoms with Crippen LogP contribution in [0, 0.1) is 0 Å². The summed E-state index contributed by atoms with van der Waals surface area (Å²) in [5.41, 5.74) is 0. The van der Waals surface area contributed by atoms with Crippen molar-refractivity contribution in [3.8, 4) is 0 Å². The number of esters is 2. The van der Waals surface area contributed by atoms with Crippen LogP contribution in [-0.4, -0.2) is 70.0 Å². The Hall–Kier alpha value is -2.03. The van der Waals surface area contributed by atoms with Crippen molar-refractivity contribution in [2.45, 2.75) is 180 Å². The zero-order valence-electron chi connectivity index (χ0n) is 35.9. The lowest BCUT2D eigenvalue weighted by Gasteiger charge is -2.28. The fourth-order valence-corrected chi connectivity index (χ4v) is 6.33. The van der Waals surface area contributed by atoms with Gasteiger partial charge in [-0.2, -0.15) is 0 Å². The topological polar surface area (TPSA) is 111 Å². The number of carbonyl (C=O) groups is 2.